The molecular formula is C18H22ClF3N4O3. The van der Waals surface area contributed by atoms with Crippen molar-refractivity contribution in [2.24, 2.45) is 0 Å². The van der Waals surface area contributed by atoms with Gasteiger partial charge in [0, 0.05) is 31.2 Å². The largest absolute Gasteiger partial charge is 0.405 e. The third-order valence-corrected chi connectivity index (χ3v) is 4.80. The van der Waals surface area contributed by atoms with Crippen molar-refractivity contribution in [1.82, 2.24) is 20.4 Å². The number of nitrogens with zero attached hydrogens (tertiary/aromatic N) is 2. The molecule has 1 fully saturated rings. The van der Waals surface area contributed by atoms with Crippen LogP contribution < -0.4 is 10.6 Å². The number of carbonyl (C=O) groups excluding carboxylic acids is 3. The average molecular weight is 435 g/mol. The fraction of sp³-hybridized carbons (Fsp3) is 0.500. The van der Waals surface area contributed by atoms with Crippen LogP contribution in [-0.2, 0) is 16.0 Å². The highest BCUT2D eigenvalue weighted by Gasteiger charge is 2.30. The zero-order valence-corrected chi connectivity index (χ0v) is 16.5. The van der Waals surface area contributed by atoms with Crippen LogP contribution in [0.25, 0.3) is 0 Å². The molecule has 1 heterocycles. The SMILES string of the molecule is CC(C(=O)NC(=O)NCC(F)(F)F)N1CCN(C(=O)Cc2ccc(Cl)cc2)CC1. The van der Waals surface area contributed by atoms with Gasteiger partial charge in [0.25, 0.3) is 0 Å². The smallest absolute Gasteiger partial charge is 0.340 e. The highest BCUT2D eigenvalue weighted by atomic mass is 35.5. The summed E-state index contributed by atoms with van der Waals surface area (Å²) < 4.78 is 36.3. The van der Waals surface area contributed by atoms with Gasteiger partial charge < -0.3 is 10.2 Å². The number of benzene rings is 1. The fourth-order valence-corrected chi connectivity index (χ4v) is 2.98. The molecule has 2 rings (SSSR count). The van der Waals surface area contributed by atoms with E-state index in [1.54, 1.807) is 46.3 Å². The number of alkyl halides is 3. The van der Waals surface area contributed by atoms with Crippen LogP contribution in [0.3, 0.4) is 0 Å². The number of hydrogen-bond acceptors (Lipinski definition) is 4. The first kappa shape index (κ1) is 23.0. The molecule has 160 valence electrons. The van der Waals surface area contributed by atoms with E-state index in [4.69, 9.17) is 11.6 Å². The van der Waals surface area contributed by atoms with E-state index < -0.39 is 30.7 Å². The summed E-state index contributed by atoms with van der Waals surface area (Å²) in [6.45, 7) is 1.66. The molecule has 1 aliphatic rings. The van der Waals surface area contributed by atoms with Crippen LogP contribution in [0.4, 0.5) is 18.0 Å². The summed E-state index contributed by atoms with van der Waals surface area (Å²) in [7, 11) is 0. The number of piperazine rings is 1. The molecule has 4 amide bonds. The van der Waals surface area contributed by atoms with Gasteiger partial charge in [0.1, 0.15) is 6.54 Å². The standard InChI is InChI=1S/C18H22ClF3N4O3/c1-12(16(28)24-17(29)23-11-18(20,21)22)25-6-8-26(9-7-25)15(27)10-13-2-4-14(19)5-3-13/h2-5,12H,6-11H2,1H3,(H2,23,24,28,29). The van der Waals surface area contributed by atoms with Gasteiger partial charge in [0.15, 0.2) is 0 Å². The number of nitrogens with one attached hydrogen (secondary N) is 2. The van der Waals surface area contributed by atoms with E-state index in [2.05, 4.69) is 0 Å². The highest BCUT2D eigenvalue weighted by Crippen LogP contribution is 2.13. The topological polar surface area (TPSA) is 81.8 Å². The van der Waals surface area contributed by atoms with Crippen LogP contribution in [0.5, 0.6) is 0 Å². The molecule has 0 bridgehead atoms. The zero-order chi connectivity index (χ0) is 21.6. The molecule has 0 aromatic heterocycles. The van der Waals surface area contributed by atoms with Gasteiger partial charge in [-0.25, -0.2) is 4.79 Å². The second kappa shape index (κ2) is 9.93. The van der Waals surface area contributed by atoms with Gasteiger partial charge in [-0.1, -0.05) is 23.7 Å². The lowest BCUT2D eigenvalue weighted by Crippen LogP contribution is -2.56. The summed E-state index contributed by atoms with van der Waals surface area (Å²) in [4.78, 5) is 39.3. The Kier molecular flexibility index (Phi) is 7.86. The second-order valence-corrected chi connectivity index (χ2v) is 7.12. The second-order valence-electron chi connectivity index (χ2n) is 6.68. The molecule has 7 nitrogen and oxygen atoms in total. The van der Waals surface area contributed by atoms with Crippen LogP contribution in [0.15, 0.2) is 24.3 Å². The predicted octanol–water partition coefficient (Wildman–Crippen LogP) is 1.80. The monoisotopic (exact) mass is 434 g/mol. The molecule has 1 unspecified atom stereocenters. The number of rotatable bonds is 5. The molecule has 0 radical (unpaired) electrons. The quantitative estimate of drug-likeness (QED) is 0.740. The summed E-state index contributed by atoms with van der Waals surface area (Å²) in [5.41, 5.74) is 0.847. The molecule has 1 aromatic carbocycles. The van der Waals surface area contributed by atoms with Crippen molar-refractivity contribution in [1.29, 1.82) is 0 Å². The van der Waals surface area contributed by atoms with Crippen molar-refractivity contribution in [2.75, 3.05) is 32.7 Å². The van der Waals surface area contributed by atoms with Crippen LogP contribution in [0.2, 0.25) is 5.02 Å². The first-order valence-corrected chi connectivity index (χ1v) is 9.34. The Bertz CT molecular complexity index is 735. The Morgan fingerprint density at radius 3 is 2.24 bits per heavy atom. The minimum atomic E-state index is -4.55. The van der Waals surface area contributed by atoms with Gasteiger partial charge in [-0.05, 0) is 24.6 Å². The maximum absolute atomic E-state index is 12.4. The maximum Gasteiger partial charge on any atom is 0.405 e. The zero-order valence-electron chi connectivity index (χ0n) is 15.8. The molecule has 0 spiro atoms. The molecule has 1 aromatic rings. The minimum absolute atomic E-state index is 0.0457. The summed E-state index contributed by atoms with van der Waals surface area (Å²) in [5, 5.41) is 4.07. The van der Waals surface area contributed by atoms with E-state index in [0.717, 1.165) is 5.56 Å². The fourth-order valence-electron chi connectivity index (χ4n) is 2.85. The molecular weight excluding hydrogens is 413 g/mol. The van der Waals surface area contributed by atoms with Crippen molar-refractivity contribution in [3.05, 3.63) is 34.9 Å². The summed E-state index contributed by atoms with van der Waals surface area (Å²) in [6.07, 6.45) is -4.31. The van der Waals surface area contributed by atoms with E-state index >= 15 is 0 Å². The van der Waals surface area contributed by atoms with Crippen molar-refractivity contribution in [3.63, 3.8) is 0 Å². The van der Waals surface area contributed by atoms with E-state index in [1.807, 2.05) is 5.32 Å². The summed E-state index contributed by atoms with van der Waals surface area (Å²) in [5.74, 6) is -0.749. The van der Waals surface area contributed by atoms with Crippen molar-refractivity contribution in [2.45, 2.75) is 25.6 Å². The normalized spacial score (nSPS) is 16.2. The average Bonchev–Trinajstić information content (AvgIpc) is 2.67. The molecule has 1 saturated heterocycles. The number of urea groups is 1. The predicted molar refractivity (Wildman–Crippen MR) is 100 cm³/mol. The Morgan fingerprint density at radius 2 is 1.69 bits per heavy atom. The van der Waals surface area contributed by atoms with E-state index in [1.165, 1.54) is 0 Å². The van der Waals surface area contributed by atoms with Crippen molar-refractivity contribution in [3.8, 4) is 0 Å². The highest BCUT2D eigenvalue weighted by molar-refractivity contribution is 6.30. The Labute approximate surface area is 171 Å². The first-order chi connectivity index (χ1) is 13.5. The molecule has 1 atom stereocenters. The number of imide groups is 1. The van der Waals surface area contributed by atoms with Gasteiger partial charge in [0.2, 0.25) is 11.8 Å². The lowest BCUT2D eigenvalue weighted by molar-refractivity contribution is -0.133. The molecule has 29 heavy (non-hydrogen) atoms. The molecule has 1 aliphatic heterocycles. The van der Waals surface area contributed by atoms with E-state index in [-0.39, 0.29) is 12.3 Å². The van der Waals surface area contributed by atoms with Crippen LogP contribution in [0.1, 0.15) is 12.5 Å². The summed E-state index contributed by atoms with van der Waals surface area (Å²) in [6, 6.07) is 5.08. The van der Waals surface area contributed by atoms with Crippen molar-refractivity contribution >= 4 is 29.4 Å². The Hall–Kier alpha value is -2.33. The molecule has 0 saturated carbocycles. The molecule has 0 aliphatic carbocycles. The maximum atomic E-state index is 12.4. The minimum Gasteiger partial charge on any atom is -0.340 e. The van der Waals surface area contributed by atoms with E-state index in [9.17, 15) is 27.6 Å². The summed E-state index contributed by atoms with van der Waals surface area (Å²) >= 11 is 5.83. The van der Waals surface area contributed by atoms with Crippen LogP contribution in [-0.4, -0.2) is 72.6 Å². The van der Waals surface area contributed by atoms with Gasteiger partial charge in [-0.15, -0.1) is 0 Å². The van der Waals surface area contributed by atoms with Gasteiger partial charge in [-0.3, -0.25) is 19.8 Å². The molecule has 11 heteroatoms. The molecule has 2 N–H and O–H groups in total. The van der Waals surface area contributed by atoms with Gasteiger partial charge in [-0.2, -0.15) is 13.2 Å². The number of hydrogen-bond donors (Lipinski definition) is 2. The Morgan fingerprint density at radius 1 is 1.10 bits per heavy atom. The third kappa shape index (κ3) is 7.54. The lowest BCUT2D eigenvalue weighted by atomic mass is 10.1. The lowest BCUT2D eigenvalue weighted by Gasteiger charge is -2.37. The van der Waals surface area contributed by atoms with Crippen LogP contribution in [0, 0.1) is 0 Å². The van der Waals surface area contributed by atoms with Gasteiger partial charge >= 0.3 is 12.2 Å². The number of amides is 4. The van der Waals surface area contributed by atoms with E-state index in [0.29, 0.717) is 31.2 Å². The third-order valence-electron chi connectivity index (χ3n) is 4.55. The number of halogens is 4. The number of carbonyl (C=O) groups is 3. The Balaban J connectivity index is 1.77. The van der Waals surface area contributed by atoms with Crippen molar-refractivity contribution < 1.29 is 27.6 Å². The van der Waals surface area contributed by atoms with Crippen LogP contribution >= 0.6 is 11.6 Å². The van der Waals surface area contributed by atoms with Gasteiger partial charge in [0.05, 0.1) is 12.5 Å². The first-order valence-electron chi connectivity index (χ1n) is 8.97.